The molecule has 0 atom stereocenters. The van der Waals surface area contributed by atoms with E-state index in [-0.39, 0.29) is 10.8 Å². The zero-order valence-corrected chi connectivity index (χ0v) is 17.1. The molecule has 148 valence electrons. The van der Waals surface area contributed by atoms with Gasteiger partial charge in [0.05, 0.1) is 17.0 Å². The van der Waals surface area contributed by atoms with E-state index in [1.807, 2.05) is 18.5 Å². The van der Waals surface area contributed by atoms with Crippen molar-refractivity contribution >= 4 is 15.9 Å². The van der Waals surface area contributed by atoms with Gasteiger partial charge in [0.2, 0.25) is 15.9 Å². The number of hydrogen-bond donors (Lipinski definition) is 2. The molecular formula is C19H28N4O3S. The highest BCUT2D eigenvalue weighted by Crippen LogP contribution is 2.15. The Hall–Kier alpha value is -2.19. The van der Waals surface area contributed by atoms with Gasteiger partial charge < -0.3 is 5.32 Å². The zero-order valence-electron chi connectivity index (χ0n) is 16.3. The van der Waals surface area contributed by atoms with E-state index in [4.69, 9.17) is 5.14 Å². The van der Waals surface area contributed by atoms with Gasteiger partial charge in [-0.25, -0.2) is 13.6 Å². The third-order valence-corrected chi connectivity index (χ3v) is 5.32. The Kier molecular flexibility index (Phi) is 6.78. The van der Waals surface area contributed by atoms with Crippen molar-refractivity contribution in [3.63, 3.8) is 0 Å². The molecule has 1 aromatic carbocycles. The Morgan fingerprint density at radius 1 is 1.22 bits per heavy atom. The SMILES string of the molecule is Cc1nn(CC(C)C)c(C)c1CC(=O)NCCc1ccc(S(N)(=O)=O)cc1. The maximum absolute atomic E-state index is 12.3. The van der Waals surface area contributed by atoms with Gasteiger partial charge in [-0.05, 0) is 43.9 Å². The van der Waals surface area contributed by atoms with Crippen LogP contribution in [0.15, 0.2) is 29.2 Å². The molecule has 0 aliphatic carbocycles. The number of rotatable bonds is 8. The summed E-state index contributed by atoms with van der Waals surface area (Å²) in [5, 5.41) is 12.5. The molecule has 3 N–H and O–H groups in total. The van der Waals surface area contributed by atoms with Crippen LogP contribution in [-0.2, 0) is 34.2 Å². The van der Waals surface area contributed by atoms with Gasteiger partial charge in [-0.3, -0.25) is 9.48 Å². The maximum Gasteiger partial charge on any atom is 0.238 e. The average molecular weight is 393 g/mol. The summed E-state index contributed by atoms with van der Waals surface area (Å²) in [6.45, 7) is 9.52. The predicted octanol–water partition coefficient (Wildman–Crippen LogP) is 1.70. The van der Waals surface area contributed by atoms with Gasteiger partial charge in [-0.15, -0.1) is 0 Å². The lowest BCUT2D eigenvalue weighted by atomic mass is 10.1. The van der Waals surface area contributed by atoms with Gasteiger partial charge in [0, 0.05) is 24.3 Å². The van der Waals surface area contributed by atoms with Crippen LogP contribution in [0.2, 0.25) is 0 Å². The summed E-state index contributed by atoms with van der Waals surface area (Å²) in [6.07, 6.45) is 0.918. The van der Waals surface area contributed by atoms with Gasteiger partial charge in [0.1, 0.15) is 0 Å². The molecule has 0 aliphatic rings. The Morgan fingerprint density at radius 2 is 1.85 bits per heavy atom. The van der Waals surface area contributed by atoms with Gasteiger partial charge in [-0.2, -0.15) is 5.10 Å². The fourth-order valence-corrected chi connectivity index (χ4v) is 3.44. The molecule has 2 aromatic rings. The average Bonchev–Trinajstić information content (AvgIpc) is 2.81. The Bertz CT molecular complexity index is 900. The summed E-state index contributed by atoms with van der Waals surface area (Å²) in [7, 11) is -3.68. The second-order valence-electron chi connectivity index (χ2n) is 7.19. The van der Waals surface area contributed by atoms with E-state index in [0.717, 1.165) is 29.1 Å². The molecule has 8 heteroatoms. The zero-order chi connectivity index (χ0) is 20.2. The number of nitrogens with one attached hydrogen (secondary N) is 1. The number of aryl methyl sites for hydroxylation is 1. The minimum atomic E-state index is -3.68. The number of carbonyl (C=O) groups excluding carboxylic acids is 1. The molecule has 1 amide bonds. The number of hydrogen-bond acceptors (Lipinski definition) is 4. The van der Waals surface area contributed by atoms with E-state index in [1.165, 1.54) is 12.1 Å². The largest absolute Gasteiger partial charge is 0.355 e. The monoisotopic (exact) mass is 392 g/mol. The van der Waals surface area contributed by atoms with Crippen molar-refractivity contribution in [2.75, 3.05) is 6.54 Å². The van der Waals surface area contributed by atoms with Crippen LogP contribution in [0.1, 0.15) is 36.4 Å². The Labute approximate surface area is 161 Å². The lowest BCUT2D eigenvalue weighted by Crippen LogP contribution is -2.27. The molecular weight excluding hydrogens is 364 g/mol. The minimum absolute atomic E-state index is 0.0496. The van der Waals surface area contributed by atoms with Crippen molar-refractivity contribution in [3.05, 3.63) is 46.8 Å². The summed E-state index contributed by atoms with van der Waals surface area (Å²) < 4.78 is 24.5. The van der Waals surface area contributed by atoms with E-state index in [0.29, 0.717) is 25.3 Å². The molecule has 0 radical (unpaired) electrons. The first-order chi connectivity index (χ1) is 12.6. The predicted molar refractivity (Wildman–Crippen MR) is 105 cm³/mol. The molecule has 0 saturated heterocycles. The Morgan fingerprint density at radius 3 is 2.41 bits per heavy atom. The van der Waals surface area contributed by atoms with Gasteiger partial charge in [0.15, 0.2) is 0 Å². The van der Waals surface area contributed by atoms with E-state index in [1.54, 1.807) is 12.1 Å². The summed E-state index contributed by atoms with van der Waals surface area (Å²) in [5.41, 5.74) is 3.84. The summed E-state index contributed by atoms with van der Waals surface area (Å²) in [6, 6.07) is 6.36. The number of benzene rings is 1. The molecule has 0 spiro atoms. The number of nitrogens with zero attached hydrogens (tertiary/aromatic N) is 2. The fourth-order valence-electron chi connectivity index (χ4n) is 2.93. The second kappa shape index (κ2) is 8.67. The third kappa shape index (κ3) is 5.90. The van der Waals surface area contributed by atoms with Crippen molar-refractivity contribution in [1.82, 2.24) is 15.1 Å². The van der Waals surface area contributed by atoms with E-state index < -0.39 is 10.0 Å². The Balaban J connectivity index is 1.89. The number of carbonyl (C=O) groups is 1. The first-order valence-corrected chi connectivity index (χ1v) is 10.5. The van der Waals surface area contributed by atoms with E-state index in [9.17, 15) is 13.2 Å². The molecule has 0 unspecified atom stereocenters. The lowest BCUT2D eigenvalue weighted by Gasteiger charge is -2.09. The van der Waals surface area contributed by atoms with Crippen LogP contribution >= 0.6 is 0 Å². The summed E-state index contributed by atoms with van der Waals surface area (Å²) >= 11 is 0. The van der Waals surface area contributed by atoms with Crippen LogP contribution in [0.3, 0.4) is 0 Å². The lowest BCUT2D eigenvalue weighted by molar-refractivity contribution is -0.120. The molecule has 0 bridgehead atoms. The maximum atomic E-state index is 12.3. The highest BCUT2D eigenvalue weighted by Gasteiger charge is 2.15. The van der Waals surface area contributed by atoms with Crippen LogP contribution in [-0.4, -0.2) is 30.7 Å². The van der Waals surface area contributed by atoms with Crippen molar-refractivity contribution < 1.29 is 13.2 Å². The highest BCUT2D eigenvalue weighted by atomic mass is 32.2. The second-order valence-corrected chi connectivity index (χ2v) is 8.75. The number of nitrogens with two attached hydrogens (primary N) is 1. The van der Waals surface area contributed by atoms with Crippen molar-refractivity contribution in [1.29, 1.82) is 0 Å². The van der Waals surface area contributed by atoms with Crippen LogP contribution < -0.4 is 10.5 Å². The van der Waals surface area contributed by atoms with Crippen LogP contribution in [0.25, 0.3) is 0 Å². The van der Waals surface area contributed by atoms with E-state index in [2.05, 4.69) is 24.3 Å². The van der Waals surface area contributed by atoms with Crippen molar-refractivity contribution in [2.24, 2.45) is 11.1 Å². The number of amides is 1. The van der Waals surface area contributed by atoms with Gasteiger partial charge in [-0.1, -0.05) is 26.0 Å². The third-order valence-electron chi connectivity index (χ3n) is 4.39. The normalized spacial score (nSPS) is 11.8. The molecule has 0 aliphatic heterocycles. The van der Waals surface area contributed by atoms with Gasteiger partial charge >= 0.3 is 0 Å². The minimum Gasteiger partial charge on any atom is -0.355 e. The van der Waals surface area contributed by atoms with E-state index >= 15 is 0 Å². The number of primary sulfonamides is 1. The number of aromatic nitrogens is 2. The molecule has 7 nitrogen and oxygen atoms in total. The molecule has 1 heterocycles. The van der Waals surface area contributed by atoms with Crippen LogP contribution in [0.5, 0.6) is 0 Å². The molecule has 2 rings (SSSR count). The smallest absolute Gasteiger partial charge is 0.238 e. The van der Waals surface area contributed by atoms with Crippen molar-refractivity contribution in [3.8, 4) is 0 Å². The molecule has 27 heavy (non-hydrogen) atoms. The quantitative estimate of drug-likeness (QED) is 0.713. The van der Waals surface area contributed by atoms with Crippen LogP contribution in [0, 0.1) is 19.8 Å². The standard InChI is InChI=1S/C19H28N4O3S/c1-13(2)12-23-15(4)18(14(3)22-23)11-19(24)21-10-9-16-5-7-17(8-6-16)27(20,25)26/h5-8,13H,9-12H2,1-4H3,(H,21,24)(H2,20,25,26). The fraction of sp³-hybridized carbons (Fsp3) is 0.474. The number of sulfonamides is 1. The van der Waals surface area contributed by atoms with Crippen LogP contribution in [0.4, 0.5) is 0 Å². The molecule has 0 saturated carbocycles. The summed E-state index contributed by atoms with van der Waals surface area (Å²) in [5.74, 6) is 0.441. The molecule has 1 aromatic heterocycles. The first-order valence-electron chi connectivity index (χ1n) is 8.99. The first kappa shape index (κ1) is 21.1. The summed E-state index contributed by atoms with van der Waals surface area (Å²) in [4.78, 5) is 12.4. The topological polar surface area (TPSA) is 107 Å². The molecule has 0 fully saturated rings. The highest BCUT2D eigenvalue weighted by molar-refractivity contribution is 7.89. The van der Waals surface area contributed by atoms with Crippen molar-refractivity contribution in [2.45, 2.75) is 52.0 Å². The van der Waals surface area contributed by atoms with Gasteiger partial charge in [0.25, 0.3) is 0 Å².